The molecule has 0 amide bonds. The van der Waals surface area contributed by atoms with E-state index in [9.17, 15) is 0 Å². The second kappa shape index (κ2) is 25.4. The second-order valence-corrected chi connectivity index (χ2v) is 28.5. The van der Waals surface area contributed by atoms with Crippen LogP contribution >= 0.6 is 0 Å². The van der Waals surface area contributed by atoms with Crippen LogP contribution in [-0.4, -0.2) is 39.9 Å². The smallest absolute Gasteiger partial charge is 0.0970 e. The van der Waals surface area contributed by atoms with E-state index in [1.807, 2.05) is 36.9 Å². The highest BCUT2D eigenvalue weighted by Crippen LogP contribution is 2.43. The number of pyridine rings is 8. The third-order valence-corrected chi connectivity index (χ3v) is 22.2. The summed E-state index contributed by atoms with van der Waals surface area (Å²) in [7, 11) is 0. The molecular weight excluding hydrogens is 1340 g/mol. The summed E-state index contributed by atoms with van der Waals surface area (Å²) in [6, 6.07) is 121. The standard InChI is InChI=1S/C52H30N4.C50H30N4/c1-3-34-11-12-36-14-20-42(43-21-15-35(4-1)49(34)50(36)43)47-25-19-40-29-38(18-24-46(40)55-47)39-13-10-33-17-23-45(56-48(33)30-39)32-8-6-31(7-9-32)41-26-28-54-52-44(41)22-16-37-5-2-27-53-51(37)52;1-2-8-39-37(6-1)29-44(42-10-4-3-9-41(39)42)47-24-20-38-28-35(19-23-46(38)53-47)36-16-15-33-18-22-45(54-48(33)30-36)32-13-11-31(12-14-32)40-25-27-52-50-43(40)21-17-34-7-5-26-51-49(34)50/h1-30H;1-30H. The van der Waals surface area contributed by atoms with Gasteiger partial charge in [0.2, 0.25) is 0 Å². The average Bonchev–Trinajstić information content (AvgIpc) is 0.738. The molecule has 0 spiro atoms. The number of benzene rings is 15. The largest absolute Gasteiger partial charge is 0.254 e. The van der Waals surface area contributed by atoms with Gasteiger partial charge in [-0.25, -0.2) is 19.9 Å². The molecule has 0 unspecified atom stereocenters. The zero-order valence-corrected chi connectivity index (χ0v) is 59.2. The zero-order chi connectivity index (χ0) is 72.3. The molecule has 0 aliphatic carbocycles. The van der Waals surface area contributed by atoms with Crippen LogP contribution < -0.4 is 0 Å². The molecule has 0 fully saturated rings. The lowest BCUT2D eigenvalue weighted by atomic mass is 9.91. The number of aromatic nitrogens is 8. The van der Waals surface area contributed by atoms with E-state index < -0.39 is 0 Å². The average molecular weight is 1400 g/mol. The molecule has 110 heavy (non-hydrogen) atoms. The minimum atomic E-state index is 0.920. The van der Waals surface area contributed by atoms with Crippen molar-refractivity contribution in [3.8, 4) is 89.5 Å². The first-order valence-corrected chi connectivity index (χ1v) is 37.1. The zero-order valence-electron chi connectivity index (χ0n) is 59.2. The molecule has 0 saturated heterocycles. The third kappa shape index (κ3) is 10.7. The summed E-state index contributed by atoms with van der Waals surface area (Å²) in [5, 5.41) is 21.4. The van der Waals surface area contributed by atoms with E-state index in [1.54, 1.807) is 0 Å². The van der Waals surface area contributed by atoms with Crippen molar-refractivity contribution in [3.63, 3.8) is 0 Å². The molecule has 0 N–H and O–H groups in total. The first kappa shape index (κ1) is 62.5. The predicted octanol–water partition coefficient (Wildman–Crippen LogP) is 26.3. The van der Waals surface area contributed by atoms with Crippen molar-refractivity contribution in [2.45, 2.75) is 0 Å². The summed E-state index contributed by atoms with van der Waals surface area (Å²) in [4.78, 5) is 39.3. The fourth-order valence-electron chi connectivity index (χ4n) is 16.7. The van der Waals surface area contributed by atoms with Crippen LogP contribution in [0.25, 0.3) is 231 Å². The van der Waals surface area contributed by atoms with Gasteiger partial charge in [0.05, 0.1) is 66.9 Å². The van der Waals surface area contributed by atoms with E-state index in [0.717, 1.165) is 177 Å². The Hall–Kier alpha value is -14.9. The Morgan fingerprint density at radius 2 is 0.545 bits per heavy atom. The van der Waals surface area contributed by atoms with Crippen LogP contribution in [0.4, 0.5) is 0 Å². The number of nitrogens with zero attached hydrogens (tertiary/aromatic N) is 8. The molecule has 0 bridgehead atoms. The van der Waals surface area contributed by atoms with Crippen molar-refractivity contribution in [1.82, 2.24) is 39.9 Å². The molecule has 15 aromatic carbocycles. The molecular formula is C102H60N8. The van der Waals surface area contributed by atoms with Crippen LogP contribution in [0.2, 0.25) is 0 Å². The van der Waals surface area contributed by atoms with Gasteiger partial charge in [-0.1, -0.05) is 249 Å². The topological polar surface area (TPSA) is 103 Å². The summed E-state index contributed by atoms with van der Waals surface area (Å²) in [6.07, 6.45) is 7.40. The van der Waals surface area contributed by atoms with Crippen LogP contribution in [0.5, 0.6) is 0 Å². The Balaban J connectivity index is 0.000000136. The van der Waals surface area contributed by atoms with Crippen molar-refractivity contribution >= 4 is 141 Å². The highest BCUT2D eigenvalue weighted by Gasteiger charge is 2.18. The maximum Gasteiger partial charge on any atom is 0.0970 e. The van der Waals surface area contributed by atoms with E-state index in [1.165, 1.54) is 53.9 Å². The molecule has 8 heterocycles. The van der Waals surface area contributed by atoms with Gasteiger partial charge in [0, 0.05) is 90.1 Å². The number of rotatable bonds is 8. The van der Waals surface area contributed by atoms with E-state index in [0.29, 0.717) is 0 Å². The lowest BCUT2D eigenvalue weighted by Crippen LogP contribution is -1.90. The highest BCUT2D eigenvalue weighted by molar-refractivity contribution is 6.25. The lowest BCUT2D eigenvalue weighted by Gasteiger charge is -2.14. The van der Waals surface area contributed by atoms with E-state index in [-0.39, 0.29) is 0 Å². The summed E-state index contributed by atoms with van der Waals surface area (Å²) >= 11 is 0. The maximum atomic E-state index is 5.19. The summed E-state index contributed by atoms with van der Waals surface area (Å²) in [6.45, 7) is 0. The Bertz CT molecular complexity index is 7710. The molecule has 0 saturated carbocycles. The summed E-state index contributed by atoms with van der Waals surface area (Å²) < 4.78 is 0. The normalized spacial score (nSPS) is 11.8. The van der Waals surface area contributed by atoms with Crippen LogP contribution in [0.15, 0.2) is 365 Å². The van der Waals surface area contributed by atoms with E-state index >= 15 is 0 Å². The third-order valence-electron chi connectivity index (χ3n) is 22.2. The molecule has 23 rings (SSSR count). The predicted molar refractivity (Wildman–Crippen MR) is 457 cm³/mol. The molecule has 0 atom stereocenters. The Labute approximate surface area is 631 Å². The van der Waals surface area contributed by atoms with Crippen LogP contribution in [0, 0.1) is 0 Å². The van der Waals surface area contributed by atoms with E-state index in [4.69, 9.17) is 24.9 Å². The van der Waals surface area contributed by atoms with Gasteiger partial charge in [-0.2, -0.15) is 0 Å². The van der Waals surface area contributed by atoms with Crippen LogP contribution in [-0.2, 0) is 0 Å². The van der Waals surface area contributed by atoms with Crippen molar-refractivity contribution in [2.24, 2.45) is 0 Å². The first-order valence-electron chi connectivity index (χ1n) is 37.1. The van der Waals surface area contributed by atoms with Crippen molar-refractivity contribution < 1.29 is 0 Å². The molecule has 8 aromatic heterocycles. The SMILES string of the molecule is c1ccc2c(c1)cc(-c1ccc3cc(-c4ccc5ccc(-c6ccc(-c7ccnc8c7ccc7cccnc78)cc6)nc5c4)ccc3n1)c1ccccc12.c1cnc2c(c1)ccc1c(-c3ccc(-c4ccc5ccc(-c6ccc7nc(-c8ccc9ccc%10cccc%11ccc8c9c%10%11)ccc7c6)cc5n4)cc3)ccnc12. The molecule has 23 aromatic rings. The molecule has 8 nitrogen and oxygen atoms in total. The van der Waals surface area contributed by atoms with Gasteiger partial charge in [-0.05, 0) is 189 Å². The van der Waals surface area contributed by atoms with Gasteiger partial charge >= 0.3 is 0 Å². The number of hydrogen-bond donors (Lipinski definition) is 0. The van der Waals surface area contributed by atoms with Gasteiger partial charge in [-0.3, -0.25) is 19.9 Å². The Morgan fingerprint density at radius 3 is 1.13 bits per heavy atom. The van der Waals surface area contributed by atoms with Gasteiger partial charge in [-0.15, -0.1) is 0 Å². The minimum Gasteiger partial charge on any atom is -0.254 e. The first-order chi connectivity index (χ1) is 54.4. The second-order valence-electron chi connectivity index (χ2n) is 28.5. The summed E-state index contributed by atoms with van der Waals surface area (Å²) in [5.41, 5.74) is 24.9. The van der Waals surface area contributed by atoms with Gasteiger partial charge in [0.1, 0.15) is 0 Å². The fourth-order valence-corrected chi connectivity index (χ4v) is 16.7. The van der Waals surface area contributed by atoms with Crippen molar-refractivity contribution in [1.29, 1.82) is 0 Å². The Morgan fingerprint density at radius 1 is 0.155 bits per heavy atom. The molecule has 0 aliphatic rings. The van der Waals surface area contributed by atoms with Gasteiger partial charge < -0.3 is 0 Å². The monoisotopic (exact) mass is 1400 g/mol. The number of hydrogen-bond acceptors (Lipinski definition) is 8. The maximum absolute atomic E-state index is 5.19. The van der Waals surface area contributed by atoms with Crippen LogP contribution in [0.3, 0.4) is 0 Å². The minimum absolute atomic E-state index is 0.920. The molecule has 0 aliphatic heterocycles. The van der Waals surface area contributed by atoms with Crippen LogP contribution in [0.1, 0.15) is 0 Å². The Kier molecular flexibility index (Phi) is 14.5. The fraction of sp³-hybridized carbons (Fsp3) is 0. The highest BCUT2D eigenvalue weighted by atomic mass is 14.8. The van der Waals surface area contributed by atoms with Gasteiger partial charge in [0.15, 0.2) is 0 Å². The lowest BCUT2D eigenvalue weighted by molar-refractivity contribution is 1.37. The molecule has 8 heteroatoms. The van der Waals surface area contributed by atoms with Crippen molar-refractivity contribution in [2.75, 3.05) is 0 Å². The van der Waals surface area contributed by atoms with Crippen molar-refractivity contribution in [3.05, 3.63) is 365 Å². The number of fused-ring (bicyclic) bond motifs is 13. The quantitative estimate of drug-likeness (QED) is 0.139. The molecule has 0 radical (unpaired) electrons. The van der Waals surface area contributed by atoms with E-state index in [2.05, 4.69) is 343 Å². The summed E-state index contributed by atoms with van der Waals surface area (Å²) in [5.74, 6) is 0. The molecule has 508 valence electrons. The van der Waals surface area contributed by atoms with Gasteiger partial charge in [0.25, 0.3) is 0 Å².